The highest BCUT2D eigenvalue weighted by Crippen LogP contribution is 2.23. The van der Waals surface area contributed by atoms with Crippen molar-refractivity contribution in [2.24, 2.45) is 0 Å². The van der Waals surface area contributed by atoms with Crippen LogP contribution in [0.3, 0.4) is 0 Å². The van der Waals surface area contributed by atoms with Crippen molar-refractivity contribution < 1.29 is 9.59 Å². The number of hydrogen-bond donors (Lipinski definition) is 0. The van der Waals surface area contributed by atoms with Crippen molar-refractivity contribution in [1.82, 2.24) is 4.90 Å². The van der Waals surface area contributed by atoms with E-state index in [0.717, 1.165) is 0 Å². The Morgan fingerprint density at radius 3 is 2.62 bits per heavy atom. The van der Waals surface area contributed by atoms with Gasteiger partial charge in [0.1, 0.15) is 0 Å². The van der Waals surface area contributed by atoms with Crippen LogP contribution in [0.15, 0.2) is 35.7 Å². The van der Waals surface area contributed by atoms with Gasteiger partial charge in [-0.25, -0.2) is 0 Å². The number of rotatable bonds is 0. The third kappa shape index (κ3) is 1.13. The molecule has 0 spiro atoms. The normalized spacial score (nSPS) is 21.2. The summed E-state index contributed by atoms with van der Waals surface area (Å²) in [4.78, 5) is 24.3. The molecule has 2 aliphatic rings. The number of likely N-dealkylation sites (N-methyl/N-ethyl adjacent to an activating group) is 1. The Morgan fingerprint density at radius 2 is 1.92 bits per heavy atom. The molecular weight excluding hydrogens is 166 g/mol. The lowest BCUT2D eigenvalue weighted by atomic mass is 9.95. The van der Waals surface area contributed by atoms with Crippen LogP contribution in [0.4, 0.5) is 0 Å². The van der Waals surface area contributed by atoms with Crippen LogP contribution >= 0.6 is 0 Å². The summed E-state index contributed by atoms with van der Waals surface area (Å²) in [7, 11) is 1.73. The largest absolute Gasteiger partial charge is 0.348 e. The molecule has 1 aliphatic heterocycles. The van der Waals surface area contributed by atoms with Crippen LogP contribution < -0.4 is 0 Å². The Bertz CT molecular complexity index is 374. The molecule has 13 heavy (non-hydrogen) atoms. The molecule has 0 aromatic carbocycles. The van der Waals surface area contributed by atoms with Gasteiger partial charge in [-0.3, -0.25) is 9.59 Å². The van der Waals surface area contributed by atoms with Crippen LogP contribution in [-0.4, -0.2) is 23.5 Å². The topological polar surface area (TPSA) is 37.4 Å². The molecule has 0 aromatic heterocycles. The van der Waals surface area contributed by atoms with Crippen LogP contribution in [0.5, 0.6) is 0 Å². The van der Waals surface area contributed by atoms with Gasteiger partial charge in [0, 0.05) is 18.8 Å². The molecule has 1 aliphatic carbocycles. The van der Waals surface area contributed by atoms with Gasteiger partial charge in [0.05, 0.1) is 12.1 Å². The van der Waals surface area contributed by atoms with E-state index >= 15 is 0 Å². The predicted molar refractivity (Wildman–Crippen MR) is 46.3 cm³/mol. The fourth-order valence-electron chi connectivity index (χ4n) is 1.35. The van der Waals surface area contributed by atoms with Crippen molar-refractivity contribution in [3.63, 3.8) is 0 Å². The van der Waals surface area contributed by atoms with Gasteiger partial charge >= 0.3 is 0 Å². The first kappa shape index (κ1) is 7.98. The first-order chi connectivity index (χ1) is 6.20. The summed E-state index contributed by atoms with van der Waals surface area (Å²) in [5, 5.41) is 0. The maximum absolute atomic E-state index is 11.4. The number of carbonyl (C=O) groups excluding carboxylic acids is 2. The molecule has 2 rings (SSSR count). The molecule has 0 N–H and O–H groups in total. The molecule has 0 saturated carbocycles. The van der Waals surface area contributed by atoms with E-state index in [0.29, 0.717) is 11.3 Å². The Morgan fingerprint density at radius 1 is 1.23 bits per heavy atom. The highest BCUT2D eigenvalue weighted by Gasteiger charge is 2.26. The maximum atomic E-state index is 11.4. The Kier molecular flexibility index (Phi) is 1.65. The Labute approximate surface area is 76.0 Å². The molecule has 0 aromatic rings. The lowest BCUT2D eigenvalue weighted by Crippen LogP contribution is -2.27. The number of nitrogens with zero attached hydrogens (tertiary/aromatic N) is 1. The molecule has 0 amide bonds. The molecular formula is C10H7NO2. The predicted octanol–water partition coefficient (Wildman–Crippen LogP) is 0.489. The molecule has 0 bridgehead atoms. The standard InChI is InChI=1S/C10H7NO2/c1-11-6-2-3-7-8(12)4-5-9(13)10(7)11/h2,4-6H,1H3. The average molecular weight is 173 g/mol. The van der Waals surface area contributed by atoms with E-state index in [1.54, 1.807) is 24.2 Å². The third-order valence-corrected chi connectivity index (χ3v) is 1.98. The van der Waals surface area contributed by atoms with E-state index in [4.69, 9.17) is 0 Å². The minimum Gasteiger partial charge on any atom is -0.348 e. The van der Waals surface area contributed by atoms with E-state index in [9.17, 15) is 9.59 Å². The molecule has 3 heteroatoms. The zero-order valence-electron chi connectivity index (χ0n) is 7.07. The van der Waals surface area contributed by atoms with Gasteiger partial charge in [-0.2, -0.15) is 0 Å². The van der Waals surface area contributed by atoms with E-state index in [-0.39, 0.29) is 11.6 Å². The van der Waals surface area contributed by atoms with E-state index in [1.807, 2.05) is 0 Å². The van der Waals surface area contributed by atoms with Gasteiger partial charge in [-0.15, -0.1) is 0 Å². The van der Waals surface area contributed by atoms with E-state index < -0.39 is 0 Å². The summed E-state index contributed by atoms with van der Waals surface area (Å²) in [6.45, 7) is 0. The molecule has 0 saturated heterocycles. The summed E-state index contributed by atoms with van der Waals surface area (Å²) < 4.78 is 0. The first-order valence-electron chi connectivity index (χ1n) is 3.87. The van der Waals surface area contributed by atoms with Gasteiger partial charge in [-0.05, 0) is 12.2 Å². The second-order valence-electron chi connectivity index (χ2n) is 2.86. The summed E-state index contributed by atoms with van der Waals surface area (Å²) in [5.74, 6) is -0.306. The number of carbonyl (C=O) groups is 2. The fraction of sp³-hybridized carbons (Fsp3) is 0.100. The monoisotopic (exact) mass is 173 g/mol. The SMILES string of the molecule is CN1C=C[C]C2=C1C(=O)C=CC2=O. The fourth-order valence-corrected chi connectivity index (χ4v) is 1.35. The highest BCUT2D eigenvalue weighted by atomic mass is 16.1. The molecule has 0 unspecified atom stereocenters. The van der Waals surface area contributed by atoms with Crippen molar-refractivity contribution >= 4 is 11.6 Å². The van der Waals surface area contributed by atoms with Gasteiger partial charge in [-0.1, -0.05) is 6.08 Å². The molecule has 1 heterocycles. The van der Waals surface area contributed by atoms with Gasteiger partial charge < -0.3 is 4.90 Å². The second-order valence-corrected chi connectivity index (χ2v) is 2.86. The van der Waals surface area contributed by atoms with Crippen LogP contribution in [0.2, 0.25) is 0 Å². The van der Waals surface area contributed by atoms with Crippen LogP contribution in [0, 0.1) is 6.42 Å². The zero-order valence-corrected chi connectivity index (χ0v) is 7.07. The average Bonchev–Trinajstić information content (AvgIpc) is 2.12. The maximum Gasteiger partial charge on any atom is 0.202 e. The minimum absolute atomic E-state index is 0.144. The third-order valence-electron chi connectivity index (χ3n) is 1.98. The second kappa shape index (κ2) is 2.69. The lowest BCUT2D eigenvalue weighted by molar-refractivity contribution is -0.116. The van der Waals surface area contributed by atoms with Gasteiger partial charge in [0.2, 0.25) is 5.78 Å². The highest BCUT2D eigenvalue weighted by molar-refractivity contribution is 6.21. The van der Waals surface area contributed by atoms with Crippen LogP contribution in [0.1, 0.15) is 0 Å². The summed E-state index contributed by atoms with van der Waals surface area (Å²) in [6.07, 6.45) is 8.66. The molecule has 2 radical (unpaired) electrons. The number of ketones is 2. The van der Waals surface area contributed by atoms with Crippen molar-refractivity contribution in [2.75, 3.05) is 7.05 Å². The summed E-state index contributed by atoms with van der Waals surface area (Å²) >= 11 is 0. The van der Waals surface area contributed by atoms with Crippen LogP contribution in [0.25, 0.3) is 0 Å². The Balaban J connectivity index is 2.50. The Hall–Kier alpha value is -1.64. The van der Waals surface area contributed by atoms with E-state index in [2.05, 4.69) is 6.42 Å². The quantitative estimate of drug-likeness (QED) is 0.500. The molecule has 0 atom stereocenters. The number of allylic oxidation sites excluding steroid dienone is 4. The van der Waals surface area contributed by atoms with Crippen molar-refractivity contribution in [2.45, 2.75) is 0 Å². The lowest BCUT2D eigenvalue weighted by Gasteiger charge is -2.24. The summed E-state index contributed by atoms with van der Waals surface area (Å²) in [6, 6.07) is 0. The minimum atomic E-state index is -0.161. The zero-order chi connectivity index (χ0) is 9.42. The van der Waals surface area contributed by atoms with Crippen molar-refractivity contribution in [3.8, 4) is 0 Å². The first-order valence-corrected chi connectivity index (χ1v) is 3.87. The number of hydrogen-bond acceptors (Lipinski definition) is 3. The van der Waals surface area contributed by atoms with Crippen molar-refractivity contribution in [1.29, 1.82) is 0 Å². The molecule has 64 valence electrons. The van der Waals surface area contributed by atoms with Crippen molar-refractivity contribution in [3.05, 3.63) is 42.1 Å². The van der Waals surface area contributed by atoms with Gasteiger partial charge in [0.15, 0.2) is 5.78 Å². The van der Waals surface area contributed by atoms with Gasteiger partial charge in [0.25, 0.3) is 0 Å². The van der Waals surface area contributed by atoms with E-state index in [1.165, 1.54) is 12.2 Å². The summed E-state index contributed by atoms with van der Waals surface area (Å²) in [5.41, 5.74) is 0.771. The van der Waals surface area contributed by atoms with Crippen LogP contribution in [-0.2, 0) is 9.59 Å². The molecule has 3 nitrogen and oxygen atoms in total. The smallest absolute Gasteiger partial charge is 0.202 e. The molecule has 0 fully saturated rings.